The molecule has 242 valence electrons. The molecule has 6 aromatic rings. The van der Waals surface area contributed by atoms with Crippen LogP contribution in [0.15, 0.2) is 101 Å². The molecule has 0 bridgehead atoms. The van der Waals surface area contributed by atoms with Gasteiger partial charge in [-0.05, 0) is 80.0 Å². The van der Waals surface area contributed by atoms with Crippen molar-refractivity contribution in [2.75, 3.05) is 21.2 Å². The second-order valence-corrected chi connectivity index (χ2v) is 14.5. The van der Waals surface area contributed by atoms with Crippen molar-refractivity contribution in [3.63, 3.8) is 0 Å². The molecule has 7 nitrogen and oxygen atoms in total. The molecule has 0 aliphatic carbocycles. The Morgan fingerprint density at radius 3 is 2.38 bits per heavy atom. The number of likely N-dealkylation sites (N-methyl/N-ethyl adjacent to an activating group) is 1. The van der Waals surface area contributed by atoms with Crippen LogP contribution in [0.2, 0.25) is 5.02 Å². The van der Waals surface area contributed by atoms with Gasteiger partial charge >= 0.3 is 5.97 Å². The minimum absolute atomic E-state index is 0.0636. The molecule has 0 fully saturated rings. The number of aromatic nitrogens is 1. The number of aryl methyl sites for hydroxylation is 1. The SMILES string of the molecule is [C-]#[N+]c1sccc1-c1c(-c2cccc(-c3ccc(C(C(=O)OC)N(C)C)cc3Cl)c2)n(S(=O)(=O)c2ccc(C)cc2)c2ccc(F)cc12. The molecule has 0 aliphatic rings. The number of hydrogen-bond donors (Lipinski definition) is 0. The second-order valence-electron chi connectivity index (χ2n) is 11.4. The molecule has 6 rings (SSSR count). The van der Waals surface area contributed by atoms with Crippen molar-refractivity contribution < 1.29 is 22.3 Å². The Labute approximate surface area is 287 Å². The maximum Gasteiger partial charge on any atom is 0.327 e. The van der Waals surface area contributed by atoms with Crippen LogP contribution >= 0.6 is 22.9 Å². The van der Waals surface area contributed by atoms with E-state index in [-0.39, 0.29) is 16.1 Å². The number of methoxy groups -OCH3 is 1. The van der Waals surface area contributed by atoms with Crippen LogP contribution in [0, 0.1) is 19.3 Å². The zero-order chi connectivity index (χ0) is 34.3. The van der Waals surface area contributed by atoms with Gasteiger partial charge in [0.05, 0.1) is 29.8 Å². The first kappa shape index (κ1) is 33.1. The van der Waals surface area contributed by atoms with E-state index in [1.165, 1.54) is 40.6 Å². The molecule has 4 aromatic carbocycles. The Morgan fingerprint density at radius 2 is 1.71 bits per heavy atom. The van der Waals surface area contributed by atoms with Gasteiger partial charge in [-0.2, -0.15) is 11.3 Å². The van der Waals surface area contributed by atoms with Crippen LogP contribution in [0.4, 0.5) is 9.39 Å². The average molecular weight is 698 g/mol. The fourth-order valence-corrected chi connectivity index (χ4v) is 8.47. The molecule has 0 amide bonds. The van der Waals surface area contributed by atoms with Crippen molar-refractivity contribution >= 4 is 54.8 Å². The summed E-state index contributed by atoms with van der Waals surface area (Å²) in [4.78, 5) is 18.0. The molecular formula is C37H29ClFN3O4S2. The number of carbonyl (C=O) groups is 1. The van der Waals surface area contributed by atoms with Crippen molar-refractivity contribution in [3.05, 3.63) is 130 Å². The standard InChI is InChI=1S/C37H29ClFN3O4S2/c1-22-9-13-27(14-10-22)48(44,45)42-32-16-12-26(39)21-30(32)33(29-17-18-47-36(29)40-2)34(42)24-8-6-7-23(19-24)28-15-11-25(20-31(28)38)35(41(3)4)37(43)46-5/h6-21,35H,1,3-5H3. The lowest BCUT2D eigenvalue weighted by Gasteiger charge is -2.22. The van der Waals surface area contributed by atoms with Gasteiger partial charge in [0, 0.05) is 32.7 Å². The molecule has 48 heavy (non-hydrogen) atoms. The normalized spacial score (nSPS) is 12.3. The van der Waals surface area contributed by atoms with Gasteiger partial charge in [0.1, 0.15) is 11.9 Å². The number of benzene rings is 4. The number of carbonyl (C=O) groups excluding carboxylic acids is 1. The maximum absolute atomic E-state index is 14.9. The number of esters is 1. The molecule has 1 unspecified atom stereocenters. The van der Waals surface area contributed by atoms with Gasteiger partial charge in [-0.25, -0.2) is 26.4 Å². The third-order valence-electron chi connectivity index (χ3n) is 8.16. The van der Waals surface area contributed by atoms with Crippen LogP contribution in [-0.2, 0) is 19.6 Å². The third-order valence-corrected chi connectivity index (χ3v) is 11.0. The fourth-order valence-electron chi connectivity index (χ4n) is 5.94. The predicted octanol–water partition coefficient (Wildman–Crippen LogP) is 9.37. The summed E-state index contributed by atoms with van der Waals surface area (Å²) in [7, 11) is 0.636. The summed E-state index contributed by atoms with van der Waals surface area (Å²) in [6.07, 6.45) is 0. The van der Waals surface area contributed by atoms with Crippen molar-refractivity contribution in [1.29, 1.82) is 0 Å². The van der Waals surface area contributed by atoms with Gasteiger partial charge in [0.25, 0.3) is 10.0 Å². The van der Waals surface area contributed by atoms with E-state index in [9.17, 15) is 17.6 Å². The van der Waals surface area contributed by atoms with Crippen molar-refractivity contribution in [2.45, 2.75) is 17.9 Å². The number of halogens is 2. The highest BCUT2D eigenvalue weighted by Gasteiger charge is 2.30. The van der Waals surface area contributed by atoms with E-state index in [0.29, 0.717) is 48.8 Å². The predicted molar refractivity (Wildman–Crippen MR) is 190 cm³/mol. The summed E-state index contributed by atoms with van der Waals surface area (Å²) in [5.41, 5.74) is 4.88. The van der Waals surface area contributed by atoms with Crippen LogP contribution in [0.25, 0.3) is 49.3 Å². The van der Waals surface area contributed by atoms with Crippen LogP contribution in [0.1, 0.15) is 17.2 Å². The minimum Gasteiger partial charge on any atom is -0.468 e. The molecule has 0 spiro atoms. The highest BCUT2D eigenvalue weighted by Crippen LogP contribution is 2.48. The molecule has 0 N–H and O–H groups in total. The molecule has 1 atom stereocenters. The summed E-state index contributed by atoms with van der Waals surface area (Å²) < 4.78 is 50.3. The number of fused-ring (bicyclic) bond motifs is 1. The van der Waals surface area contributed by atoms with E-state index < -0.39 is 27.9 Å². The van der Waals surface area contributed by atoms with Gasteiger partial charge in [-0.1, -0.05) is 65.7 Å². The number of ether oxygens (including phenoxy) is 1. The lowest BCUT2D eigenvalue weighted by Crippen LogP contribution is -2.28. The Morgan fingerprint density at radius 1 is 0.979 bits per heavy atom. The average Bonchev–Trinajstić information content (AvgIpc) is 3.67. The van der Waals surface area contributed by atoms with E-state index in [4.69, 9.17) is 22.9 Å². The van der Waals surface area contributed by atoms with E-state index in [1.807, 2.05) is 19.1 Å². The molecule has 2 heterocycles. The molecular weight excluding hydrogens is 669 g/mol. The molecule has 0 aliphatic heterocycles. The quantitative estimate of drug-likeness (QED) is 0.117. The highest BCUT2D eigenvalue weighted by molar-refractivity contribution is 7.90. The molecule has 2 aromatic heterocycles. The van der Waals surface area contributed by atoms with Gasteiger partial charge in [-0.15, -0.1) is 0 Å². The van der Waals surface area contributed by atoms with E-state index >= 15 is 0 Å². The van der Waals surface area contributed by atoms with Gasteiger partial charge in [0.2, 0.25) is 5.00 Å². The number of hydrogen-bond acceptors (Lipinski definition) is 6. The summed E-state index contributed by atoms with van der Waals surface area (Å²) in [5.74, 6) is -0.965. The minimum atomic E-state index is -4.24. The highest BCUT2D eigenvalue weighted by atomic mass is 35.5. The summed E-state index contributed by atoms with van der Waals surface area (Å²) in [6.45, 7) is 9.70. The number of rotatable bonds is 8. The third kappa shape index (κ3) is 5.80. The monoisotopic (exact) mass is 697 g/mol. The van der Waals surface area contributed by atoms with E-state index in [1.54, 1.807) is 85.0 Å². The lowest BCUT2D eigenvalue weighted by molar-refractivity contribution is -0.146. The van der Waals surface area contributed by atoms with Gasteiger partial charge in [-0.3, -0.25) is 4.90 Å². The van der Waals surface area contributed by atoms with Gasteiger partial charge < -0.3 is 4.74 Å². The van der Waals surface area contributed by atoms with Crippen LogP contribution in [0.3, 0.4) is 0 Å². The summed E-state index contributed by atoms with van der Waals surface area (Å²) in [6, 6.07) is 24.2. The molecule has 0 radical (unpaired) electrons. The molecule has 0 saturated heterocycles. The molecule has 11 heteroatoms. The van der Waals surface area contributed by atoms with E-state index in [2.05, 4.69) is 4.85 Å². The van der Waals surface area contributed by atoms with Crippen LogP contribution in [0.5, 0.6) is 0 Å². The van der Waals surface area contributed by atoms with Crippen molar-refractivity contribution in [2.24, 2.45) is 0 Å². The number of thiophene rings is 1. The van der Waals surface area contributed by atoms with E-state index in [0.717, 1.165) is 5.56 Å². The Kier molecular flexibility index (Phi) is 8.98. The summed E-state index contributed by atoms with van der Waals surface area (Å²) in [5, 5.41) is 2.84. The smallest absolute Gasteiger partial charge is 0.327 e. The zero-order valence-corrected chi connectivity index (χ0v) is 28.8. The first-order chi connectivity index (χ1) is 23.0. The molecule has 0 saturated carbocycles. The first-order valence-electron chi connectivity index (χ1n) is 14.7. The largest absolute Gasteiger partial charge is 0.468 e. The fraction of sp³-hybridized carbons (Fsp3) is 0.135. The van der Waals surface area contributed by atoms with Crippen LogP contribution in [-0.4, -0.2) is 44.5 Å². The maximum atomic E-state index is 14.9. The Balaban J connectivity index is 1.64. The zero-order valence-electron chi connectivity index (χ0n) is 26.4. The lowest BCUT2D eigenvalue weighted by atomic mass is 9.96. The Hall–Kier alpha value is -4.79. The van der Waals surface area contributed by atoms with Gasteiger partial charge in [0.15, 0.2) is 0 Å². The Bertz CT molecular complexity index is 2360. The van der Waals surface area contributed by atoms with Crippen molar-refractivity contribution in [3.8, 4) is 33.5 Å². The second kappa shape index (κ2) is 13.0. The number of nitrogens with zero attached hydrogens (tertiary/aromatic N) is 3. The summed E-state index contributed by atoms with van der Waals surface area (Å²) >= 11 is 8.07. The topological polar surface area (TPSA) is 73.0 Å². The first-order valence-corrected chi connectivity index (χ1v) is 17.4. The van der Waals surface area contributed by atoms with Crippen molar-refractivity contribution in [1.82, 2.24) is 8.87 Å². The van der Waals surface area contributed by atoms with Crippen LogP contribution < -0.4 is 0 Å².